The van der Waals surface area contributed by atoms with Crippen molar-refractivity contribution in [1.29, 1.82) is 0 Å². The van der Waals surface area contributed by atoms with E-state index in [2.05, 4.69) is 64.5 Å². The molecule has 0 bridgehead atoms. The van der Waals surface area contributed by atoms with Gasteiger partial charge in [-0.05, 0) is 73.7 Å². The number of aromatic carboxylic acids is 1. The van der Waals surface area contributed by atoms with Gasteiger partial charge < -0.3 is 19.6 Å². The number of carbonyl (C=O) groups is 1. The maximum Gasteiger partial charge on any atom is 0.337 e. The Morgan fingerprint density at radius 2 is 1.80 bits per heavy atom. The first-order valence-corrected chi connectivity index (χ1v) is 12.3. The Kier molecular flexibility index (Phi) is 8.21. The molecule has 1 saturated heterocycles. The third-order valence-electron chi connectivity index (χ3n) is 6.52. The van der Waals surface area contributed by atoms with Crippen LogP contribution in [0, 0.1) is 0 Å². The van der Waals surface area contributed by atoms with Gasteiger partial charge in [-0.1, -0.05) is 24.3 Å². The van der Waals surface area contributed by atoms with Gasteiger partial charge in [0, 0.05) is 37.6 Å². The molecule has 4 rings (SSSR count). The van der Waals surface area contributed by atoms with E-state index in [0.717, 1.165) is 44.6 Å². The van der Waals surface area contributed by atoms with Gasteiger partial charge >= 0.3 is 5.97 Å². The van der Waals surface area contributed by atoms with Crippen molar-refractivity contribution in [2.75, 3.05) is 49.7 Å². The van der Waals surface area contributed by atoms with Gasteiger partial charge in [0.1, 0.15) is 0 Å². The van der Waals surface area contributed by atoms with Crippen LogP contribution in [-0.2, 0) is 4.74 Å². The van der Waals surface area contributed by atoms with Crippen LogP contribution in [0.1, 0.15) is 42.6 Å². The molecular formula is C28H34N4O3. The highest BCUT2D eigenvalue weighted by atomic mass is 16.5. The molecule has 2 aliphatic rings. The molecule has 0 radical (unpaired) electrons. The highest BCUT2D eigenvalue weighted by Gasteiger charge is 2.25. The minimum atomic E-state index is -0.977. The minimum Gasteiger partial charge on any atom is -0.478 e. The van der Waals surface area contributed by atoms with Crippen LogP contribution in [0.4, 0.5) is 11.4 Å². The number of hydrogen-bond acceptors (Lipinski definition) is 6. The van der Waals surface area contributed by atoms with Crippen LogP contribution in [0.25, 0.3) is 6.08 Å². The van der Waals surface area contributed by atoms with Gasteiger partial charge in [-0.2, -0.15) is 5.10 Å². The number of hydrazone groups is 1. The third kappa shape index (κ3) is 5.92. The Morgan fingerprint density at radius 1 is 1.09 bits per heavy atom. The first-order chi connectivity index (χ1) is 17.1. The standard InChI is InChI=1S/C28H34N4O3/c1-3-31(4-2)24-13-9-21(10-14-24)19-22-11-12-23(27(22)32-15-17-35-18-16-32)20-29-30-26-8-6-5-7-25(26)28(33)34/h5-10,13-14,19-20,30H,3-4,11-12,15-18H2,1-2H3,(H,33,34)/b22-19-,29-20?. The lowest BCUT2D eigenvalue weighted by Gasteiger charge is -2.31. The van der Waals surface area contributed by atoms with Crippen molar-refractivity contribution in [2.45, 2.75) is 26.7 Å². The predicted octanol–water partition coefficient (Wildman–Crippen LogP) is 5.09. The van der Waals surface area contributed by atoms with E-state index in [1.165, 1.54) is 22.5 Å². The van der Waals surface area contributed by atoms with Crippen molar-refractivity contribution in [3.63, 3.8) is 0 Å². The summed E-state index contributed by atoms with van der Waals surface area (Å²) < 4.78 is 5.59. The van der Waals surface area contributed by atoms with E-state index >= 15 is 0 Å². The Morgan fingerprint density at radius 3 is 2.49 bits per heavy atom. The summed E-state index contributed by atoms with van der Waals surface area (Å²) in [6.07, 6.45) is 5.96. The number of morpholine rings is 1. The van der Waals surface area contributed by atoms with Crippen molar-refractivity contribution in [2.24, 2.45) is 5.10 Å². The zero-order valence-electron chi connectivity index (χ0n) is 20.5. The number of hydrogen-bond donors (Lipinski definition) is 2. The summed E-state index contributed by atoms with van der Waals surface area (Å²) in [5.74, 6) is -0.977. The number of anilines is 2. The Hall–Kier alpha value is -3.58. The van der Waals surface area contributed by atoms with E-state index in [1.807, 2.05) is 6.21 Å². The molecule has 184 valence electrons. The topological polar surface area (TPSA) is 77.4 Å². The fourth-order valence-corrected chi connectivity index (χ4v) is 4.69. The maximum atomic E-state index is 11.5. The molecule has 0 atom stereocenters. The lowest BCUT2D eigenvalue weighted by Crippen LogP contribution is -2.36. The van der Waals surface area contributed by atoms with Crippen molar-refractivity contribution >= 4 is 29.6 Å². The van der Waals surface area contributed by atoms with Crippen molar-refractivity contribution < 1.29 is 14.6 Å². The van der Waals surface area contributed by atoms with Gasteiger partial charge in [-0.3, -0.25) is 5.43 Å². The summed E-state index contributed by atoms with van der Waals surface area (Å²) in [6.45, 7) is 9.46. The summed E-state index contributed by atoms with van der Waals surface area (Å²) in [6, 6.07) is 15.6. The molecule has 1 fully saturated rings. The molecule has 0 spiro atoms. The van der Waals surface area contributed by atoms with Crippen molar-refractivity contribution in [3.8, 4) is 0 Å². The molecule has 2 aromatic carbocycles. The van der Waals surface area contributed by atoms with E-state index in [0.29, 0.717) is 18.9 Å². The third-order valence-corrected chi connectivity index (χ3v) is 6.52. The van der Waals surface area contributed by atoms with Crippen LogP contribution in [0.2, 0.25) is 0 Å². The number of ether oxygens (including phenoxy) is 1. The molecule has 0 amide bonds. The van der Waals surface area contributed by atoms with Gasteiger partial charge in [0.25, 0.3) is 0 Å². The van der Waals surface area contributed by atoms with Crippen molar-refractivity contribution in [1.82, 2.24) is 4.90 Å². The molecule has 0 aromatic heterocycles. The van der Waals surface area contributed by atoms with Gasteiger partial charge in [0.2, 0.25) is 0 Å². The number of nitrogens with one attached hydrogen (secondary N) is 1. The smallest absolute Gasteiger partial charge is 0.337 e. The van der Waals surface area contributed by atoms with Crippen LogP contribution in [0.5, 0.6) is 0 Å². The summed E-state index contributed by atoms with van der Waals surface area (Å²) >= 11 is 0. The zero-order valence-corrected chi connectivity index (χ0v) is 20.5. The number of carboxylic acid groups (broad SMARTS) is 1. The first kappa shape index (κ1) is 24.5. The predicted molar refractivity (Wildman–Crippen MR) is 142 cm³/mol. The van der Waals surface area contributed by atoms with Crippen LogP contribution in [0.15, 0.2) is 70.5 Å². The van der Waals surface area contributed by atoms with Crippen LogP contribution < -0.4 is 10.3 Å². The monoisotopic (exact) mass is 474 g/mol. The summed E-state index contributed by atoms with van der Waals surface area (Å²) in [5.41, 5.74) is 9.71. The summed E-state index contributed by atoms with van der Waals surface area (Å²) in [4.78, 5) is 16.2. The molecule has 1 heterocycles. The van der Waals surface area contributed by atoms with Crippen molar-refractivity contribution in [3.05, 3.63) is 76.5 Å². The molecular weight excluding hydrogens is 440 g/mol. The Balaban J connectivity index is 1.59. The molecule has 7 heteroatoms. The second-order valence-electron chi connectivity index (χ2n) is 8.63. The summed E-state index contributed by atoms with van der Waals surface area (Å²) in [7, 11) is 0. The lowest BCUT2D eigenvalue weighted by molar-refractivity contribution is 0.0548. The highest BCUT2D eigenvalue weighted by molar-refractivity contribution is 5.94. The SMILES string of the molecule is CCN(CC)c1ccc(/C=C2/CCC(C=NNc3ccccc3C(=O)O)=C2N2CCOCC2)cc1. The lowest BCUT2D eigenvalue weighted by atomic mass is 10.1. The first-order valence-electron chi connectivity index (χ1n) is 12.3. The van der Waals surface area contributed by atoms with E-state index in [1.54, 1.807) is 24.3 Å². The Bertz CT molecular complexity index is 1110. The van der Waals surface area contributed by atoms with Gasteiger partial charge in [0.15, 0.2) is 0 Å². The van der Waals surface area contributed by atoms with Gasteiger partial charge in [-0.25, -0.2) is 4.79 Å². The van der Waals surface area contributed by atoms with Crippen LogP contribution in [-0.4, -0.2) is 61.6 Å². The average molecular weight is 475 g/mol. The second-order valence-corrected chi connectivity index (χ2v) is 8.63. The van der Waals surface area contributed by atoms with Gasteiger partial charge in [0.05, 0.1) is 30.7 Å². The minimum absolute atomic E-state index is 0.201. The molecule has 2 N–H and O–H groups in total. The van der Waals surface area contributed by atoms with E-state index < -0.39 is 5.97 Å². The molecule has 35 heavy (non-hydrogen) atoms. The number of allylic oxidation sites excluding steroid dienone is 2. The number of nitrogens with zero attached hydrogens (tertiary/aromatic N) is 3. The second kappa shape index (κ2) is 11.7. The van der Waals surface area contributed by atoms with Gasteiger partial charge in [-0.15, -0.1) is 0 Å². The zero-order chi connectivity index (χ0) is 24.6. The molecule has 1 aliphatic heterocycles. The maximum absolute atomic E-state index is 11.5. The van der Waals surface area contributed by atoms with Crippen LogP contribution in [0.3, 0.4) is 0 Å². The number of para-hydroxylation sites is 1. The fraction of sp³-hybridized carbons (Fsp3) is 0.357. The Labute approximate surface area is 207 Å². The van der Waals surface area contributed by atoms with Crippen LogP contribution >= 0.6 is 0 Å². The average Bonchev–Trinajstić information content (AvgIpc) is 3.28. The molecule has 7 nitrogen and oxygen atoms in total. The quantitative estimate of drug-likeness (QED) is 0.389. The number of rotatable bonds is 9. The number of carboxylic acids is 1. The van der Waals surface area contributed by atoms with E-state index in [-0.39, 0.29) is 5.56 Å². The number of benzene rings is 2. The molecule has 1 aliphatic carbocycles. The molecule has 0 unspecified atom stereocenters. The van der Waals surface area contributed by atoms with E-state index in [9.17, 15) is 9.90 Å². The summed E-state index contributed by atoms with van der Waals surface area (Å²) in [5, 5.41) is 13.8. The highest BCUT2D eigenvalue weighted by Crippen LogP contribution is 2.35. The largest absolute Gasteiger partial charge is 0.478 e. The fourth-order valence-electron chi connectivity index (χ4n) is 4.69. The molecule has 2 aromatic rings. The normalized spacial score (nSPS) is 17.4. The molecule has 0 saturated carbocycles. The van der Waals surface area contributed by atoms with E-state index in [4.69, 9.17) is 4.74 Å².